The van der Waals surface area contributed by atoms with Crippen LogP contribution in [0.4, 0.5) is 0 Å². The molecule has 0 amide bonds. The summed E-state index contributed by atoms with van der Waals surface area (Å²) in [4.78, 5) is 0. The van der Waals surface area contributed by atoms with Gasteiger partial charge < -0.3 is 8.98 Å². The van der Waals surface area contributed by atoms with Gasteiger partial charge in [0.1, 0.15) is 11.2 Å². The van der Waals surface area contributed by atoms with Crippen molar-refractivity contribution in [3.05, 3.63) is 151 Å². The minimum Gasteiger partial charge on any atom is -0.456 e. The molecule has 0 saturated heterocycles. The molecule has 0 atom stereocenters. The zero-order valence-corrected chi connectivity index (χ0v) is 25.1. The summed E-state index contributed by atoms with van der Waals surface area (Å²) in [5.41, 5.74) is 13.3. The Labute approximate surface area is 260 Å². The van der Waals surface area contributed by atoms with Crippen molar-refractivity contribution in [2.75, 3.05) is 0 Å². The number of benzene rings is 7. The fourth-order valence-electron chi connectivity index (χ4n) is 8.06. The Morgan fingerprint density at radius 3 is 2.11 bits per heavy atom. The minimum absolute atomic E-state index is 0.0701. The van der Waals surface area contributed by atoms with Crippen LogP contribution in [0.15, 0.2) is 144 Å². The molecule has 0 N–H and O–H groups in total. The van der Waals surface area contributed by atoms with E-state index >= 15 is 0 Å². The van der Waals surface area contributed by atoms with Crippen molar-refractivity contribution >= 4 is 54.5 Å². The lowest BCUT2D eigenvalue weighted by Gasteiger charge is -2.21. The van der Waals surface area contributed by atoms with E-state index in [1.54, 1.807) is 0 Å². The first kappa shape index (κ1) is 24.8. The van der Waals surface area contributed by atoms with E-state index in [-0.39, 0.29) is 5.41 Å². The molecule has 0 radical (unpaired) electrons. The summed E-state index contributed by atoms with van der Waals surface area (Å²) >= 11 is 0. The monoisotopic (exact) mass is 575 g/mol. The quantitative estimate of drug-likeness (QED) is 0.200. The van der Waals surface area contributed by atoms with Gasteiger partial charge in [-0.25, -0.2) is 0 Å². The molecule has 1 aliphatic rings. The van der Waals surface area contributed by atoms with Crippen molar-refractivity contribution < 1.29 is 4.42 Å². The highest BCUT2D eigenvalue weighted by atomic mass is 16.3. The Morgan fingerprint density at radius 1 is 0.489 bits per heavy atom. The van der Waals surface area contributed by atoms with Crippen LogP contribution in [0.2, 0.25) is 0 Å². The highest BCUT2D eigenvalue weighted by Crippen LogP contribution is 2.51. The fourth-order valence-corrected chi connectivity index (χ4v) is 8.06. The van der Waals surface area contributed by atoms with Gasteiger partial charge in [0, 0.05) is 32.6 Å². The summed E-state index contributed by atoms with van der Waals surface area (Å²) < 4.78 is 8.67. The summed E-state index contributed by atoms with van der Waals surface area (Å²) in [6.45, 7) is 4.72. The number of furan rings is 1. The van der Waals surface area contributed by atoms with Crippen LogP contribution in [0, 0.1) is 0 Å². The van der Waals surface area contributed by atoms with Crippen molar-refractivity contribution in [3.8, 4) is 27.9 Å². The fraction of sp³-hybridized carbons (Fsp3) is 0.0698. The second-order valence-electron chi connectivity index (χ2n) is 12.9. The van der Waals surface area contributed by atoms with Crippen LogP contribution in [0.25, 0.3) is 82.5 Å². The Balaban J connectivity index is 1.24. The molecule has 2 aromatic heterocycles. The SMILES string of the molecule is CC1(C)c2ccccc2-c2cc3c4c5ccccc5ccc4n(-c4ccc(-c5cccc6oc7ccccc7c56)cc4)c3cc21. The third kappa shape index (κ3) is 3.29. The largest absolute Gasteiger partial charge is 0.456 e. The van der Waals surface area contributed by atoms with Gasteiger partial charge in [0.25, 0.3) is 0 Å². The summed E-state index contributed by atoms with van der Waals surface area (Å²) in [5.74, 6) is 0. The lowest BCUT2D eigenvalue weighted by molar-refractivity contribution is 0.661. The van der Waals surface area contributed by atoms with Gasteiger partial charge in [0.05, 0.1) is 11.0 Å². The maximum absolute atomic E-state index is 6.20. The molecular weight excluding hydrogens is 546 g/mol. The van der Waals surface area contributed by atoms with Crippen molar-refractivity contribution in [3.63, 3.8) is 0 Å². The van der Waals surface area contributed by atoms with E-state index in [0.717, 1.165) is 22.2 Å². The summed E-state index contributed by atoms with van der Waals surface area (Å²) in [7, 11) is 0. The second kappa shape index (κ2) is 8.74. The molecule has 0 fully saturated rings. The van der Waals surface area contributed by atoms with Crippen LogP contribution < -0.4 is 0 Å². The molecule has 0 unspecified atom stereocenters. The normalized spacial score (nSPS) is 13.7. The van der Waals surface area contributed by atoms with Gasteiger partial charge in [0.15, 0.2) is 0 Å². The number of hydrogen-bond acceptors (Lipinski definition) is 1. The molecule has 2 nitrogen and oxygen atoms in total. The predicted octanol–water partition coefficient (Wildman–Crippen LogP) is 11.8. The zero-order valence-electron chi connectivity index (χ0n) is 25.1. The Hall–Kier alpha value is -5.60. The molecule has 0 spiro atoms. The van der Waals surface area contributed by atoms with Crippen molar-refractivity contribution in [1.29, 1.82) is 0 Å². The number of para-hydroxylation sites is 1. The first-order valence-corrected chi connectivity index (χ1v) is 15.7. The average Bonchev–Trinajstić information content (AvgIpc) is 3.70. The number of aromatic nitrogens is 1. The average molecular weight is 576 g/mol. The molecule has 0 aliphatic heterocycles. The van der Waals surface area contributed by atoms with E-state index in [1.165, 1.54) is 71.3 Å². The van der Waals surface area contributed by atoms with E-state index < -0.39 is 0 Å². The van der Waals surface area contributed by atoms with Gasteiger partial charge in [-0.05, 0) is 86.6 Å². The number of rotatable bonds is 2. The first-order valence-electron chi connectivity index (χ1n) is 15.7. The van der Waals surface area contributed by atoms with Crippen molar-refractivity contribution in [2.45, 2.75) is 19.3 Å². The maximum Gasteiger partial charge on any atom is 0.136 e. The topological polar surface area (TPSA) is 18.1 Å². The predicted molar refractivity (Wildman–Crippen MR) is 189 cm³/mol. The van der Waals surface area contributed by atoms with E-state index in [4.69, 9.17) is 4.42 Å². The highest BCUT2D eigenvalue weighted by molar-refractivity contribution is 6.22. The number of fused-ring (bicyclic) bond motifs is 11. The van der Waals surface area contributed by atoms with Crippen molar-refractivity contribution in [2.24, 2.45) is 0 Å². The summed E-state index contributed by atoms with van der Waals surface area (Å²) in [6, 6.07) is 50.9. The Morgan fingerprint density at radius 2 is 1.22 bits per heavy atom. The van der Waals surface area contributed by atoms with Crippen LogP contribution in [0.1, 0.15) is 25.0 Å². The molecular formula is C43H29NO. The van der Waals surface area contributed by atoms with Gasteiger partial charge in [0.2, 0.25) is 0 Å². The maximum atomic E-state index is 6.20. The first-order chi connectivity index (χ1) is 22.1. The molecule has 0 bridgehead atoms. The molecule has 9 aromatic rings. The Kier molecular flexibility index (Phi) is 4.82. The van der Waals surface area contributed by atoms with Gasteiger partial charge >= 0.3 is 0 Å². The van der Waals surface area contributed by atoms with Crippen LogP contribution in [0.5, 0.6) is 0 Å². The number of hydrogen-bond donors (Lipinski definition) is 0. The van der Waals surface area contributed by atoms with Crippen LogP contribution in [0.3, 0.4) is 0 Å². The highest BCUT2D eigenvalue weighted by Gasteiger charge is 2.36. The molecule has 45 heavy (non-hydrogen) atoms. The molecule has 7 aromatic carbocycles. The Bertz CT molecular complexity index is 2670. The van der Waals surface area contributed by atoms with Gasteiger partial charge in [-0.2, -0.15) is 0 Å². The van der Waals surface area contributed by atoms with Crippen molar-refractivity contribution in [1.82, 2.24) is 4.57 Å². The van der Waals surface area contributed by atoms with Gasteiger partial charge in [-0.3, -0.25) is 0 Å². The van der Waals surface area contributed by atoms with E-state index in [1.807, 2.05) is 12.1 Å². The smallest absolute Gasteiger partial charge is 0.136 e. The van der Waals surface area contributed by atoms with Crippen LogP contribution in [-0.2, 0) is 5.41 Å². The molecule has 1 aliphatic carbocycles. The molecule has 10 rings (SSSR count). The molecule has 0 saturated carbocycles. The minimum atomic E-state index is -0.0701. The van der Waals surface area contributed by atoms with E-state index in [0.29, 0.717) is 0 Å². The third-order valence-electron chi connectivity index (χ3n) is 10.2. The van der Waals surface area contributed by atoms with E-state index in [9.17, 15) is 0 Å². The van der Waals surface area contributed by atoms with Gasteiger partial charge in [-0.15, -0.1) is 0 Å². The standard InChI is InChI=1S/C43H29NO/c1-43(2)35-15-7-5-12-31(35)33-24-34-38(25-36(33)43)44(37-23-20-26-10-3-4-11-29(26)41(34)37)28-21-18-27(19-22-28)30-14-9-17-40-42(30)32-13-6-8-16-39(32)45-40/h3-25H,1-2H3. The molecule has 2 heterocycles. The lowest BCUT2D eigenvalue weighted by atomic mass is 9.82. The summed E-state index contributed by atoms with van der Waals surface area (Å²) in [6.07, 6.45) is 0. The van der Waals surface area contributed by atoms with E-state index in [2.05, 4.69) is 146 Å². The van der Waals surface area contributed by atoms with Crippen LogP contribution in [-0.4, -0.2) is 4.57 Å². The van der Waals surface area contributed by atoms with Crippen LogP contribution >= 0.6 is 0 Å². The molecule has 212 valence electrons. The second-order valence-corrected chi connectivity index (χ2v) is 12.9. The number of nitrogens with zero attached hydrogens (tertiary/aromatic N) is 1. The third-order valence-corrected chi connectivity index (χ3v) is 10.2. The van der Waals surface area contributed by atoms with Gasteiger partial charge in [-0.1, -0.05) is 111 Å². The lowest BCUT2D eigenvalue weighted by Crippen LogP contribution is -2.14. The molecule has 2 heteroatoms. The zero-order chi connectivity index (χ0) is 29.9. The summed E-state index contributed by atoms with van der Waals surface area (Å²) in [5, 5.41) is 7.49.